The Balaban J connectivity index is 1.70. The Morgan fingerprint density at radius 3 is 2.32 bits per heavy atom. The van der Waals surface area contributed by atoms with Gasteiger partial charge in [0.1, 0.15) is 23.7 Å². The summed E-state index contributed by atoms with van der Waals surface area (Å²) in [6.07, 6.45) is 4.49. The molecule has 5 nitrogen and oxygen atoms in total. The van der Waals surface area contributed by atoms with Crippen molar-refractivity contribution in [3.8, 4) is 11.5 Å². The van der Waals surface area contributed by atoms with E-state index in [-0.39, 0.29) is 22.1 Å². The molecule has 4 rings (SSSR count). The van der Waals surface area contributed by atoms with Crippen LogP contribution in [0.3, 0.4) is 0 Å². The van der Waals surface area contributed by atoms with E-state index in [1.807, 2.05) is 6.07 Å². The molecule has 3 N–H and O–H groups in total. The number of carboxylic acids is 1. The molecule has 0 saturated heterocycles. The highest BCUT2D eigenvalue weighted by Crippen LogP contribution is 2.50. The highest BCUT2D eigenvalue weighted by Gasteiger charge is 2.40. The van der Waals surface area contributed by atoms with Crippen LogP contribution in [-0.4, -0.2) is 21.3 Å². The van der Waals surface area contributed by atoms with Crippen LogP contribution in [0.2, 0.25) is 0 Å². The number of carbonyl (C=O) groups is 1. The quantitative estimate of drug-likeness (QED) is 0.323. The SMILES string of the molecule is Cc1ccc(COc2cc(C(O)C=Cc3ccc(C(=O)O)c(O)c3)cc3c2C(C)(C)CCC3(C)C)cc1. The van der Waals surface area contributed by atoms with E-state index in [9.17, 15) is 15.0 Å². The van der Waals surface area contributed by atoms with Gasteiger partial charge >= 0.3 is 5.97 Å². The zero-order valence-corrected chi connectivity index (χ0v) is 22.2. The van der Waals surface area contributed by atoms with Crippen LogP contribution in [0.15, 0.2) is 60.7 Å². The fourth-order valence-electron chi connectivity index (χ4n) is 5.03. The van der Waals surface area contributed by atoms with Crippen LogP contribution >= 0.6 is 0 Å². The number of fused-ring (bicyclic) bond motifs is 1. The van der Waals surface area contributed by atoms with Gasteiger partial charge in [-0.05, 0) is 71.0 Å². The Labute approximate surface area is 219 Å². The van der Waals surface area contributed by atoms with E-state index >= 15 is 0 Å². The second-order valence-corrected chi connectivity index (χ2v) is 11.4. The van der Waals surface area contributed by atoms with Crippen molar-refractivity contribution in [3.63, 3.8) is 0 Å². The first-order valence-electron chi connectivity index (χ1n) is 12.7. The molecular weight excluding hydrogens is 464 g/mol. The van der Waals surface area contributed by atoms with Crippen molar-refractivity contribution in [2.75, 3.05) is 0 Å². The van der Waals surface area contributed by atoms with Crippen LogP contribution in [-0.2, 0) is 17.4 Å². The van der Waals surface area contributed by atoms with Gasteiger partial charge in [0.25, 0.3) is 0 Å². The minimum Gasteiger partial charge on any atom is -0.507 e. The van der Waals surface area contributed by atoms with Crippen LogP contribution < -0.4 is 4.74 Å². The van der Waals surface area contributed by atoms with Gasteiger partial charge in [0.2, 0.25) is 0 Å². The summed E-state index contributed by atoms with van der Waals surface area (Å²) in [6.45, 7) is 11.5. The van der Waals surface area contributed by atoms with Gasteiger partial charge in [-0.25, -0.2) is 4.79 Å². The molecule has 1 aliphatic carbocycles. The zero-order chi connectivity index (χ0) is 27.0. The Morgan fingerprint density at radius 2 is 1.68 bits per heavy atom. The van der Waals surface area contributed by atoms with Gasteiger partial charge in [0.15, 0.2) is 0 Å². The van der Waals surface area contributed by atoms with Crippen LogP contribution in [0, 0.1) is 6.92 Å². The molecular formula is C32H36O5. The van der Waals surface area contributed by atoms with Crippen molar-refractivity contribution in [3.05, 3.63) is 99.6 Å². The van der Waals surface area contributed by atoms with Crippen LogP contribution in [0.25, 0.3) is 6.08 Å². The molecule has 0 saturated carbocycles. The first kappa shape index (κ1) is 26.5. The summed E-state index contributed by atoms with van der Waals surface area (Å²) in [4.78, 5) is 11.2. The summed E-state index contributed by atoms with van der Waals surface area (Å²) in [5.74, 6) is -0.707. The van der Waals surface area contributed by atoms with Crippen molar-refractivity contribution >= 4 is 12.0 Å². The normalized spacial score (nSPS) is 16.8. The van der Waals surface area contributed by atoms with Gasteiger partial charge in [0.05, 0.1) is 6.10 Å². The molecule has 0 aliphatic heterocycles. The lowest BCUT2D eigenvalue weighted by atomic mass is 9.62. The third-order valence-corrected chi connectivity index (χ3v) is 7.49. The number of carboxylic acid groups (broad SMARTS) is 1. The molecule has 0 aromatic heterocycles. The predicted octanol–water partition coefficient (Wildman–Crippen LogP) is 7.07. The number of aromatic carboxylic acids is 1. The maximum atomic E-state index is 11.2. The van der Waals surface area contributed by atoms with E-state index in [1.165, 1.54) is 28.8 Å². The van der Waals surface area contributed by atoms with Crippen molar-refractivity contribution in [1.29, 1.82) is 0 Å². The fraction of sp³-hybridized carbons (Fsp3) is 0.344. The van der Waals surface area contributed by atoms with Crippen LogP contribution in [0.4, 0.5) is 0 Å². The fourth-order valence-corrected chi connectivity index (χ4v) is 5.03. The smallest absolute Gasteiger partial charge is 0.339 e. The van der Waals surface area contributed by atoms with Gasteiger partial charge in [-0.3, -0.25) is 0 Å². The first-order valence-corrected chi connectivity index (χ1v) is 12.7. The summed E-state index contributed by atoms with van der Waals surface area (Å²) in [5.41, 5.74) is 5.71. The second kappa shape index (κ2) is 10.1. The molecule has 0 spiro atoms. The standard InChI is InChI=1S/C32H36O5/c1-20-6-8-22(9-7-20)19-37-28-18-23(17-25-29(28)32(4,5)15-14-31(25,2)3)26(33)13-11-21-10-12-24(30(35)36)27(34)16-21/h6-13,16-18,26,33-34H,14-15,19H2,1-5H3,(H,35,36). The monoisotopic (exact) mass is 500 g/mol. The minimum absolute atomic E-state index is 0.0593. The number of rotatable bonds is 7. The molecule has 194 valence electrons. The lowest BCUT2D eigenvalue weighted by Gasteiger charge is -2.43. The molecule has 1 aliphatic rings. The number of benzene rings is 3. The third-order valence-electron chi connectivity index (χ3n) is 7.49. The maximum absolute atomic E-state index is 11.2. The number of hydrogen-bond donors (Lipinski definition) is 3. The van der Waals surface area contributed by atoms with Gasteiger partial charge in [-0.15, -0.1) is 0 Å². The van der Waals surface area contributed by atoms with E-state index in [2.05, 4.69) is 65.0 Å². The topological polar surface area (TPSA) is 87.0 Å². The molecule has 0 heterocycles. The number of aliphatic hydroxyl groups excluding tert-OH is 1. The zero-order valence-electron chi connectivity index (χ0n) is 22.2. The predicted molar refractivity (Wildman–Crippen MR) is 146 cm³/mol. The highest BCUT2D eigenvalue weighted by molar-refractivity contribution is 5.91. The van der Waals surface area contributed by atoms with E-state index in [1.54, 1.807) is 18.2 Å². The second-order valence-electron chi connectivity index (χ2n) is 11.4. The van der Waals surface area contributed by atoms with Gasteiger partial charge in [-0.1, -0.05) is 81.8 Å². The summed E-state index contributed by atoms with van der Waals surface area (Å²) in [5, 5.41) is 30.3. The van der Waals surface area contributed by atoms with Crippen molar-refractivity contribution in [2.45, 2.75) is 71.0 Å². The number of aryl methyl sites for hydroxylation is 1. The molecule has 5 heteroatoms. The summed E-state index contributed by atoms with van der Waals surface area (Å²) in [7, 11) is 0. The van der Waals surface area contributed by atoms with Crippen LogP contribution in [0.5, 0.6) is 11.5 Å². The number of phenols is 1. The van der Waals surface area contributed by atoms with E-state index in [0.29, 0.717) is 12.2 Å². The summed E-state index contributed by atoms with van der Waals surface area (Å²) in [6, 6.07) is 16.7. The maximum Gasteiger partial charge on any atom is 0.339 e. The van der Waals surface area contributed by atoms with Gasteiger partial charge in [0, 0.05) is 5.56 Å². The molecule has 0 amide bonds. The highest BCUT2D eigenvalue weighted by atomic mass is 16.5. The summed E-state index contributed by atoms with van der Waals surface area (Å²) < 4.78 is 6.44. The number of aromatic hydroxyl groups is 1. The Morgan fingerprint density at radius 1 is 1.00 bits per heavy atom. The van der Waals surface area contributed by atoms with Gasteiger partial charge in [-0.2, -0.15) is 0 Å². The largest absolute Gasteiger partial charge is 0.507 e. The summed E-state index contributed by atoms with van der Waals surface area (Å²) >= 11 is 0. The lowest BCUT2D eigenvalue weighted by molar-refractivity contribution is 0.0693. The van der Waals surface area contributed by atoms with Gasteiger partial charge < -0.3 is 20.1 Å². The van der Waals surface area contributed by atoms with Crippen molar-refractivity contribution < 1.29 is 24.9 Å². The molecule has 37 heavy (non-hydrogen) atoms. The molecule has 1 unspecified atom stereocenters. The number of hydrogen-bond acceptors (Lipinski definition) is 4. The van der Waals surface area contributed by atoms with E-state index in [4.69, 9.17) is 9.84 Å². The molecule has 0 radical (unpaired) electrons. The van der Waals surface area contributed by atoms with E-state index in [0.717, 1.165) is 29.7 Å². The average Bonchev–Trinajstić information content (AvgIpc) is 2.84. The minimum atomic E-state index is -1.19. The molecule has 3 aromatic carbocycles. The average molecular weight is 501 g/mol. The van der Waals surface area contributed by atoms with E-state index < -0.39 is 12.1 Å². The Hall–Kier alpha value is -3.57. The van der Waals surface area contributed by atoms with Crippen LogP contribution in [0.1, 0.15) is 90.4 Å². The number of ether oxygens (including phenoxy) is 1. The van der Waals surface area contributed by atoms with Crippen molar-refractivity contribution in [1.82, 2.24) is 0 Å². The Bertz CT molecular complexity index is 1330. The Kier molecular flexibility index (Phi) is 7.20. The molecule has 1 atom stereocenters. The van der Waals surface area contributed by atoms with Crippen molar-refractivity contribution in [2.24, 2.45) is 0 Å². The third kappa shape index (κ3) is 5.72. The number of aliphatic hydroxyl groups is 1. The molecule has 0 fully saturated rings. The lowest BCUT2D eigenvalue weighted by Crippen LogP contribution is -2.34. The molecule has 0 bridgehead atoms. The molecule has 3 aromatic rings. The first-order chi connectivity index (χ1) is 17.4.